The Balaban J connectivity index is 2.69. The monoisotopic (exact) mass is 168 g/mol. The first-order chi connectivity index (χ1) is 5.61. The van der Waals surface area contributed by atoms with Crippen molar-refractivity contribution in [1.82, 2.24) is 5.01 Å². The predicted molar refractivity (Wildman–Crippen MR) is 53.3 cm³/mol. The quantitative estimate of drug-likeness (QED) is 0.549. The van der Waals surface area contributed by atoms with Gasteiger partial charge in [0.25, 0.3) is 0 Å². The number of rotatable bonds is 1. The summed E-state index contributed by atoms with van der Waals surface area (Å²) in [4.78, 5) is 0. The summed E-state index contributed by atoms with van der Waals surface area (Å²) >= 11 is 0. The van der Waals surface area contributed by atoms with Gasteiger partial charge in [-0.2, -0.15) is 5.10 Å². The molecule has 1 aliphatic rings. The van der Waals surface area contributed by atoms with Crippen LogP contribution in [0.3, 0.4) is 0 Å². The Morgan fingerprint density at radius 1 is 1.17 bits per heavy atom. The maximum atomic E-state index is 4.55. The van der Waals surface area contributed by atoms with Crippen molar-refractivity contribution < 1.29 is 0 Å². The molecule has 2 nitrogen and oxygen atoms in total. The van der Waals surface area contributed by atoms with Crippen molar-refractivity contribution in [2.24, 2.45) is 16.9 Å². The van der Waals surface area contributed by atoms with Crippen molar-refractivity contribution in [2.75, 3.05) is 14.1 Å². The summed E-state index contributed by atoms with van der Waals surface area (Å²) in [5.41, 5.74) is 1.39. The van der Waals surface area contributed by atoms with Gasteiger partial charge < -0.3 is 5.01 Å². The molecule has 2 unspecified atom stereocenters. The molecule has 0 radical (unpaired) electrons. The maximum Gasteiger partial charge on any atom is 0.0436 e. The van der Waals surface area contributed by atoms with Crippen LogP contribution in [-0.4, -0.2) is 24.8 Å². The highest BCUT2D eigenvalue weighted by Gasteiger charge is 2.22. The molecule has 0 bridgehead atoms. The topological polar surface area (TPSA) is 15.6 Å². The molecule has 0 saturated heterocycles. The number of hydrazone groups is 1. The smallest absolute Gasteiger partial charge is 0.0436 e. The lowest BCUT2D eigenvalue weighted by Gasteiger charge is -2.27. The minimum absolute atomic E-state index is 0.691. The molecule has 0 aromatic carbocycles. The first kappa shape index (κ1) is 9.56. The molecule has 0 amide bonds. The largest absolute Gasteiger partial charge is 0.303 e. The highest BCUT2D eigenvalue weighted by molar-refractivity contribution is 5.88. The Hall–Kier alpha value is -0.530. The van der Waals surface area contributed by atoms with Crippen LogP contribution in [0.4, 0.5) is 0 Å². The van der Waals surface area contributed by atoms with Gasteiger partial charge in [-0.15, -0.1) is 0 Å². The Morgan fingerprint density at radius 2 is 1.67 bits per heavy atom. The van der Waals surface area contributed by atoms with Crippen molar-refractivity contribution in [2.45, 2.75) is 33.1 Å². The highest BCUT2D eigenvalue weighted by Crippen LogP contribution is 2.26. The standard InChI is InChI=1S/C10H20N2/c1-8-6-5-7-9(2)10(8)11-12(3)4/h8-9H,5-7H2,1-4H3. The zero-order valence-electron chi connectivity index (χ0n) is 8.67. The maximum absolute atomic E-state index is 4.55. The van der Waals surface area contributed by atoms with Crippen LogP contribution in [0.2, 0.25) is 0 Å². The van der Waals surface area contributed by atoms with E-state index in [0.717, 1.165) is 0 Å². The van der Waals surface area contributed by atoms with Crippen molar-refractivity contribution in [1.29, 1.82) is 0 Å². The SMILES string of the molecule is CC1CCCC(C)C1=NN(C)C. The molecule has 1 rings (SSSR count). The molecule has 0 aromatic heterocycles. The van der Waals surface area contributed by atoms with Crippen LogP contribution >= 0.6 is 0 Å². The van der Waals surface area contributed by atoms with E-state index < -0.39 is 0 Å². The van der Waals surface area contributed by atoms with E-state index in [-0.39, 0.29) is 0 Å². The summed E-state index contributed by atoms with van der Waals surface area (Å²) in [6.45, 7) is 4.58. The van der Waals surface area contributed by atoms with Gasteiger partial charge in [0.1, 0.15) is 0 Å². The lowest BCUT2D eigenvalue weighted by atomic mass is 9.81. The second-order valence-corrected chi connectivity index (χ2v) is 4.11. The summed E-state index contributed by atoms with van der Waals surface area (Å²) in [5.74, 6) is 1.38. The van der Waals surface area contributed by atoms with E-state index in [1.807, 2.05) is 19.1 Å². The number of hydrogen-bond donors (Lipinski definition) is 0. The molecule has 1 aliphatic carbocycles. The lowest BCUT2D eigenvalue weighted by Crippen LogP contribution is -2.27. The molecular formula is C10H20N2. The average molecular weight is 168 g/mol. The molecule has 0 spiro atoms. The van der Waals surface area contributed by atoms with Gasteiger partial charge in [-0.1, -0.05) is 20.3 Å². The molecule has 0 heterocycles. The molecular weight excluding hydrogens is 148 g/mol. The lowest BCUT2D eigenvalue weighted by molar-refractivity contribution is 0.406. The minimum atomic E-state index is 0.691. The predicted octanol–water partition coefficient (Wildman–Crippen LogP) is 2.36. The van der Waals surface area contributed by atoms with Gasteiger partial charge in [-0.3, -0.25) is 0 Å². The van der Waals surface area contributed by atoms with Crippen LogP contribution in [-0.2, 0) is 0 Å². The second kappa shape index (κ2) is 3.92. The van der Waals surface area contributed by atoms with Gasteiger partial charge in [-0.05, 0) is 24.7 Å². The molecule has 2 heteroatoms. The van der Waals surface area contributed by atoms with Gasteiger partial charge in [0, 0.05) is 19.8 Å². The van der Waals surface area contributed by atoms with Crippen molar-refractivity contribution in [3.63, 3.8) is 0 Å². The summed E-state index contributed by atoms with van der Waals surface area (Å²) in [5, 5.41) is 6.47. The summed E-state index contributed by atoms with van der Waals surface area (Å²) in [7, 11) is 4.00. The van der Waals surface area contributed by atoms with E-state index in [4.69, 9.17) is 0 Å². The molecule has 1 fully saturated rings. The average Bonchev–Trinajstić information content (AvgIpc) is 1.97. The second-order valence-electron chi connectivity index (χ2n) is 4.11. The van der Waals surface area contributed by atoms with E-state index in [1.54, 1.807) is 0 Å². The van der Waals surface area contributed by atoms with Crippen LogP contribution in [0.15, 0.2) is 5.10 Å². The van der Waals surface area contributed by atoms with E-state index in [1.165, 1.54) is 25.0 Å². The summed E-state index contributed by atoms with van der Waals surface area (Å²) in [6.07, 6.45) is 4.00. The Kier molecular flexibility index (Phi) is 3.12. The van der Waals surface area contributed by atoms with Gasteiger partial charge in [0.2, 0.25) is 0 Å². The molecule has 1 saturated carbocycles. The van der Waals surface area contributed by atoms with Crippen molar-refractivity contribution in [3.05, 3.63) is 0 Å². The van der Waals surface area contributed by atoms with E-state index in [9.17, 15) is 0 Å². The molecule has 2 atom stereocenters. The van der Waals surface area contributed by atoms with Gasteiger partial charge in [-0.25, -0.2) is 0 Å². The van der Waals surface area contributed by atoms with Gasteiger partial charge >= 0.3 is 0 Å². The fourth-order valence-electron chi connectivity index (χ4n) is 1.94. The van der Waals surface area contributed by atoms with Crippen molar-refractivity contribution in [3.8, 4) is 0 Å². The van der Waals surface area contributed by atoms with E-state index in [0.29, 0.717) is 11.8 Å². The third-order valence-electron chi connectivity index (χ3n) is 2.60. The first-order valence-corrected chi connectivity index (χ1v) is 4.87. The summed E-state index contributed by atoms with van der Waals surface area (Å²) in [6, 6.07) is 0. The normalized spacial score (nSPS) is 30.2. The first-order valence-electron chi connectivity index (χ1n) is 4.87. The van der Waals surface area contributed by atoms with Crippen LogP contribution < -0.4 is 0 Å². The zero-order chi connectivity index (χ0) is 9.14. The van der Waals surface area contributed by atoms with Crippen LogP contribution in [0.5, 0.6) is 0 Å². The van der Waals surface area contributed by atoms with Crippen LogP contribution in [0, 0.1) is 11.8 Å². The molecule has 70 valence electrons. The van der Waals surface area contributed by atoms with Crippen LogP contribution in [0.25, 0.3) is 0 Å². The number of hydrogen-bond acceptors (Lipinski definition) is 2. The fraction of sp³-hybridized carbons (Fsp3) is 0.900. The van der Waals surface area contributed by atoms with Crippen molar-refractivity contribution >= 4 is 5.71 Å². The Labute approximate surface area is 75.6 Å². The molecule has 0 aliphatic heterocycles. The summed E-state index contributed by atoms with van der Waals surface area (Å²) < 4.78 is 0. The Morgan fingerprint density at radius 3 is 2.08 bits per heavy atom. The van der Waals surface area contributed by atoms with Gasteiger partial charge in [0.05, 0.1) is 0 Å². The zero-order valence-corrected chi connectivity index (χ0v) is 8.67. The van der Waals surface area contributed by atoms with Crippen LogP contribution in [0.1, 0.15) is 33.1 Å². The molecule has 0 N–H and O–H groups in total. The molecule has 12 heavy (non-hydrogen) atoms. The van der Waals surface area contributed by atoms with E-state index >= 15 is 0 Å². The fourth-order valence-corrected chi connectivity index (χ4v) is 1.94. The Bertz CT molecular complexity index is 161. The van der Waals surface area contributed by atoms with E-state index in [2.05, 4.69) is 18.9 Å². The van der Waals surface area contributed by atoms with Gasteiger partial charge in [0.15, 0.2) is 0 Å². The third kappa shape index (κ3) is 2.23. The highest BCUT2D eigenvalue weighted by atomic mass is 15.4. The minimum Gasteiger partial charge on any atom is -0.303 e. The third-order valence-corrected chi connectivity index (χ3v) is 2.60. The molecule has 0 aromatic rings. The number of nitrogens with zero attached hydrogens (tertiary/aromatic N) is 2.